The van der Waals surface area contributed by atoms with Gasteiger partial charge in [-0.25, -0.2) is 9.97 Å². The van der Waals surface area contributed by atoms with Crippen LogP contribution in [0.1, 0.15) is 0 Å². The lowest BCUT2D eigenvalue weighted by molar-refractivity contribution is 0.369. The Hall–Kier alpha value is -1.79. The topological polar surface area (TPSA) is 35.0 Å². The van der Waals surface area contributed by atoms with Crippen molar-refractivity contribution >= 4 is 22.5 Å². The van der Waals surface area contributed by atoms with Crippen molar-refractivity contribution in [1.29, 1.82) is 0 Å². The molecule has 4 heteroatoms. The van der Waals surface area contributed by atoms with Gasteiger partial charge in [0.05, 0.1) is 6.20 Å². The Morgan fingerprint density at radius 3 is 3.13 bits per heavy atom. The molecule has 0 aliphatic heterocycles. The third kappa shape index (κ3) is 2.00. The van der Waals surface area contributed by atoms with Gasteiger partial charge in [0.15, 0.2) is 5.15 Å². The van der Waals surface area contributed by atoms with Crippen molar-refractivity contribution in [3.63, 3.8) is 0 Å². The average Bonchev–Trinajstić information content (AvgIpc) is 2.26. The highest BCUT2D eigenvalue weighted by Crippen LogP contribution is 2.22. The molecule has 0 bridgehead atoms. The smallest absolute Gasteiger partial charge is 0.155 e. The monoisotopic (exact) mass is 218 g/mol. The van der Waals surface area contributed by atoms with E-state index in [0.29, 0.717) is 16.4 Å². The Balaban J connectivity index is 2.44. The molecule has 0 aromatic carbocycles. The van der Waals surface area contributed by atoms with Crippen molar-refractivity contribution < 1.29 is 4.74 Å². The highest BCUT2D eigenvalue weighted by Gasteiger charge is 2.02. The van der Waals surface area contributed by atoms with Crippen LogP contribution < -0.4 is 4.74 Å². The number of fused-ring (bicyclic) bond motifs is 1. The zero-order valence-electron chi connectivity index (χ0n) is 7.77. The number of nitrogens with zero attached hydrogens (tertiary/aromatic N) is 2. The third-order valence-corrected chi connectivity index (χ3v) is 2.13. The maximum absolute atomic E-state index is 5.87. The van der Waals surface area contributed by atoms with E-state index in [0.717, 1.165) is 5.39 Å². The van der Waals surface area contributed by atoms with E-state index in [1.807, 2.05) is 12.1 Å². The van der Waals surface area contributed by atoms with Gasteiger partial charge in [0.1, 0.15) is 17.9 Å². The first-order valence-corrected chi connectivity index (χ1v) is 4.65. The second-order valence-corrected chi connectivity index (χ2v) is 3.20. The van der Waals surface area contributed by atoms with E-state index in [1.165, 1.54) is 0 Å². The van der Waals surface area contributed by atoms with Gasteiger partial charge in [-0.3, -0.25) is 0 Å². The lowest BCUT2D eigenvalue weighted by Crippen LogP contribution is -1.94. The molecule has 0 saturated carbocycles. The molecule has 3 nitrogen and oxygen atoms in total. The summed E-state index contributed by atoms with van der Waals surface area (Å²) < 4.78 is 5.24. The molecule has 2 heterocycles. The molecule has 0 fully saturated rings. The molecule has 74 valence electrons. The first-order valence-electron chi connectivity index (χ1n) is 4.28. The predicted molar refractivity (Wildman–Crippen MR) is 58.9 cm³/mol. The summed E-state index contributed by atoms with van der Waals surface area (Å²) in [7, 11) is 0. The zero-order chi connectivity index (χ0) is 10.7. The van der Waals surface area contributed by atoms with Gasteiger partial charge in [0.2, 0.25) is 0 Å². The molecule has 0 radical (unpaired) electrons. The predicted octanol–water partition coefficient (Wildman–Crippen LogP) is 2.30. The van der Waals surface area contributed by atoms with E-state index in [9.17, 15) is 0 Å². The van der Waals surface area contributed by atoms with E-state index in [-0.39, 0.29) is 6.61 Å². The first kappa shape index (κ1) is 9.75. The quantitative estimate of drug-likeness (QED) is 0.573. The highest BCUT2D eigenvalue weighted by molar-refractivity contribution is 6.33. The molecule has 0 amide bonds. The maximum Gasteiger partial charge on any atom is 0.155 e. The molecule has 15 heavy (non-hydrogen) atoms. The van der Waals surface area contributed by atoms with Crippen molar-refractivity contribution in [2.24, 2.45) is 0 Å². The van der Waals surface area contributed by atoms with E-state index < -0.39 is 0 Å². The van der Waals surface area contributed by atoms with E-state index in [2.05, 4.69) is 15.9 Å². The summed E-state index contributed by atoms with van der Waals surface area (Å²) in [5, 5.41) is 1.26. The molecule has 2 rings (SSSR count). The Morgan fingerprint density at radius 2 is 2.33 bits per heavy atom. The third-order valence-electron chi connectivity index (χ3n) is 1.85. The summed E-state index contributed by atoms with van der Waals surface area (Å²) in [6, 6.07) is 3.64. The second-order valence-electron chi connectivity index (χ2n) is 2.84. The van der Waals surface area contributed by atoms with Crippen LogP contribution in [0.25, 0.3) is 10.9 Å². The minimum Gasteiger partial charge on any atom is -0.479 e. The van der Waals surface area contributed by atoms with Gasteiger partial charge in [0, 0.05) is 11.6 Å². The average molecular weight is 219 g/mol. The molecular formula is C11H7ClN2O. The molecule has 0 aliphatic carbocycles. The molecule has 2 aromatic heterocycles. The van der Waals surface area contributed by atoms with Crippen LogP contribution in [0.5, 0.6) is 5.75 Å². The first-order chi connectivity index (χ1) is 7.31. The van der Waals surface area contributed by atoms with Crippen molar-refractivity contribution in [2.75, 3.05) is 6.61 Å². The summed E-state index contributed by atoms with van der Waals surface area (Å²) in [6.45, 7) is 0.228. The molecule has 0 atom stereocenters. The van der Waals surface area contributed by atoms with Gasteiger partial charge in [-0.05, 0) is 12.1 Å². The number of terminal acetylenes is 1. The van der Waals surface area contributed by atoms with Gasteiger partial charge in [-0.15, -0.1) is 6.42 Å². The summed E-state index contributed by atoms with van der Waals surface area (Å²) in [4.78, 5) is 8.07. The second kappa shape index (κ2) is 4.16. The fraction of sp³-hybridized carbons (Fsp3) is 0.0909. The summed E-state index contributed by atoms with van der Waals surface area (Å²) in [5.74, 6) is 3.01. The van der Waals surface area contributed by atoms with Crippen LogP contribution in [0.3, 0.4) is 0 Å². The Bertz CT molecular complexity index is 534. The summed E-state index contributed by atoms with van der Waals surface area (Å²) in [5.41, 5.74) is 0.659. The lowest BCUT2D eigenvalue weighted by atomic mass is 10.2. The zero-order valence-corrected chi connectivity index (χ0v) is 8.53. The molecule has 0 unspecified atom stereocenters. The number of aromatic nitrogens is 2. The van der Waals surface area contributed by atoms with Gasteiger partial charge >= 0.3 is 0 Å². The number of hydrogen-bond acceptors (Lipinski definition) is 3. The molecule has 2 aromatic rings. The summed E-state index contributed by atoms with van der Waals surface area (Å²) >= 11 is 5.87. The van der Waals surface area contributed by atoms with Crippen molar-refractivity contribution in [3.8, 4) is 18.1 Å². The lowest BCUT2D eigenvalue weighted by Gasteiger charge is -2.03. The van der Waals surface area contributed by atoms with Crippen LogP contribution in [-0.4, -0.2) is 16.6 Å². The van der Waals surface area contributed by atoms with Gasteiger partial charge in [-0.1, -0.05) is 17.5 Å². The normalized spacial score (nSPS) is 9.87. The highest BCUT2D eigenvalue weighted by atomic mass is 35.5. The standard InChI is InChI=1S/C11H7ClN2O/c1-2-5-15-9-6-8-3-4-13-11(12)10(8)14-7-9/h1,3-4,6-7H,5H2. The number of hydrogen-bond donors (Lipinski definition) is 0. The van der Waals surface area contributed by atoms with Crippen LogP contribution in [-0.2, 0) is 0 Å². The SMILES string of the molecule is C#CCOc1cnc2c(Cl)nccc2c1. The molecular weight excluding hydrogens is 212 g/mol. The van der Waals surface area contributed by atoms with Gasteiger partial charge in [-0.2, -0.15) is 0 Å². The van der Waals surface area contributed by atoms with Crippen molar-refractivity contribution in [2.45, 2.75) is 0 Å². The number of ether oxygens (including phenoxy) is 1. The number of rotatable bonds is 2. The molecule has 0 aliphatic rings. The van der Waals surface area contributed by atoms with Crippen molar-refractivity contribution in [3.05, 3.63) is 29.7 Å². The van der Waals surface area contributed by atoms with Gasteiger partial charge in [0.25, 0.3) is 0 Å². The van der Waals surface area contributed by atoms with Crippen LogP contribution in [0.4, 0.5) is 0 Å². The van der Waals surface area contributed by atoms with Crippen LogP contribution >= 0.6 is 11.6 Å². The van der Waals surface area contributed by atoms with Crippen molar-refractivity contribution in [1.82, 2.24) is 9.97 Å². The van der Waals surface area contributed by atoms with E-state index >= 15 is 0 Å². The van der Waals surface area contributed by atoms with E-state index in [1.54, 1.807) is 12.4 Å². The fourth-order valence-electron chi connectivity index (χ4n) is 1.21. The minimum absolute atomic E-state index is 0.228. The van der Waals surface area contributed by atoms with Crippen LogP contribution in [0.15, 0.2) is 24.5 Å². The molecule has 0 spiro atoms. The Kier molecular flexibility index (Phi) is 2.70. The molecule has 0 N–H and O–H groups in total. The fourth-order valence-corrected chi connectivity index (χ4v) is 1.42. The Morgan fingerprint density at radius 1 is 1.47 bits per heavy atom. The number of halogens is 1. The van der Waals surface area contributed by atoms with E-state index in [4.69, 9.17) is 22.8 Å². The van der Waals surface area contributed by atoms with Crippen LogP contribution in [0.2, 0.25) is 5.15 Å². The Labute approximate surface area is 92.1 Å². The maximum atomic E-state index is 5.87. The molecule has 0 saturated heterocycles. The number of pyridine rings is 2. The van der Waals surface area contributed by atoms with Crippen LogP contribution in [0, 0.1) is 12.3 Å². The minimum atomic E-state index is 0.228. The summed E-state index contributed by atoms with van der Waals surface area (Å²) in [6.07, 6.45) is 8.29. The van der Waals surface area contributed by atoms with Gasteiger partial charge < -0.3 is 4.74 Å². The largest absolute Gasteiger partial charge is 0.479 e.